The van der Waals surface area contributed by atoms with Crippen LogP contribution in [-0.4, -0.2) is 15.5 Å². The number of benzene rings is 2. The average Bonchev–Trinajstić information content (AvgIpc) is 3.18. The van der Waals surface area contributed by atoms with Gasteiger partial charge in [-0.25, -0.2) is 0 Å². The number of aromatic nitrogens is 2. The molecule has 6 rings (SSSR count). The minimum atomic E-state index is -0.0568. The Morgan fingerprint density at radius 3 is 2.47 bits per heavy atom. The van der Waals surface area contributed by atoms with Crippen LogP contribution < -0.4 is 16.0 Å². The van der Waals surface area contributed by atoms with Crippen molar-refractivity contribution < 1.29 is 0 Å². The van der Waals surface area contributed by atoms with Crippen molar-refractivity contribution in [3.63, 3.8) is 0 Å². The van der Waals surface area contributed by atoms with Crippen molar-refractivity contribution in [3.8, 4) is 0 Å². The molecule has 2 aromatic heterocycles. The Hall–Kier alpha value is -3.45. The van der Waals surface area contributed by atoms with Gasteiger partial charge in [0.05, 0.1) is 11.1 Å². The molecule has 3 heterocycles. The van der Waals surface area contributed by atoms with E-state index < -0.39 is 0 Å². The topological polar surface area (TPSA) is 62.5 Å². The Morgan fingerprint density at radius 2 is 1.67 bits per heavy atom. The van der Waals surface area contributed by atoms with Gasteiger partial charge in [-0.2, -0.15) is 14.7 Å². The molecule has 0 spiro atoms. The summed E-state index contributed by atoms with van der Waals surface area (Å²) in [5.74, 6) is 1.09. The maximum absolute atomic E-state index is 13.6. The number of hydrogen-bond acceptors (Lipinski definition) is 6. The number of thiophene rings is 1. The molecule has 30 heavy (non-hydrogen) atoms. The summed E-state index contributed by atoms with van der Waals surface area (Å²) in [6, 6.07) is 19.7. The highest BCUT2D eigenvalue weighted by molar-refractivity contribution is 7.18. The maximum Gasteiger partial charge on any atom is 0.283 e. The Labute approximate surface area is 177 Å². The van der Waals surface area contributed by atoms with Gasteiger partial charge in [0.2, 0.25) is 0 Å². The van der Waals surface area contributed by atoms with Crippen LogP contribution in [0.1, 0.15) is 28.8 Å². The van der Waals surface area contributed by atoms with Crippen LogP contribution in [0, 0.1) is 0 Å². The van der Waals surface area contributed by atoms with Gasteiger partial charge in [0.25, 0.3) is 11.5 Å². The fraction of sp³-hybridized carbons (Fsp3) is 0.174. The summed E-state index contributed by atoms with van der Waals surface area (Å²) in [5.41, 5.74) is 6.12. The Balaban J connectivity index is 1.61. The number of aryl methyl sites for hydroxylation is 2. The number of rotatable bonds is 2. The number of nitrogens with one attached hydrogen (secondary N) is 1. The largest absolute Gasteiger partial charge is 0.283 e. The zero-order valence-corrected chi connectivity index (χ0v) is 17.0. The zero-order valence-electron chi connectivity index (χ0n) is 16.2. The summed E-state index contributed by atoms with van der Waals surface area (Å²) in [6.07, 6.45) is 4.29. The highest BCUT2D eigenvalue weighted by atomic mass is 32.1. The molecular weight excluding hydrogens is 394 g/mol. The van der Waals surface area contributed by atoms with Gasteiger partial charge in [-0.15, -0.1) is 16.4 Å². The van der Waals surface area contributed by atoms with Gasteiger partial charge in [0.15, 0.2) is 5.84 Å². The van der Waals surface area contributed by atoms with E-state index in [4.69, 9.17) is 10.1 Å². The smallest absolute Gasteiger partial charge is 0.270 e. The van der Waals surface area contributed by atoms with Crippen LogP contribution in [0.25, 0.3) is 10.2 Å². The predicted molar refractivity (Wildman–Crippen MR) is 121 cm³/mol. The lowest BCUT2D eigenvalue weighted by molar-refractivity contribution is 0.699. The average molecular weight is 414 g/mol. The molecule has 1 aliphatic heterocycles. The molecule has 6 nitrogen and oxygen atoms in total. The molecule has 0 saturated heterocycles. The molecule has 1 N–H and O–H groups in total. The van der Waals surface area contributed by atoms with Crippen LogP contribution in [0.3, 0.4) is 0 Å². The van der Waals surface area contributed by atoms with Crippen LogP contribution in [0.15, 0.2) is 70.6 Å². The van der Waals surface area contributed by atoms with Crippen molar-refractivity contribution in [2.45, 2.75) is 25.7 Å². The van der Waals surface area contributed by atoms with Crippen LogP contribution in [-0.2, 0) is 12.8 Å². The number of fused-ring (bicyclic) bond motifs is 4. The summed E-state index contributed by atoms with van der Waals surface area (Å²) in [5, 5.41) is 7.32. The Bertz CT molecular complexity index is 1340. The second-order valence-corrected chi connectivity index (χ2v) is 8.60. The standard InChI is InChI=1S/C23H19N5OS/c29-22-19-17-13-7-8-14-18(17)30-21(19)24-23-27(16-11-5-2-6-12-16)25-20(26-28(22)23)15-9-3-1-4-10-15/h1-6,9-12H,7-8,13-14H2,(H,25,26). The fourth-order valence-corrected chi connectivity index (χ4v) is 5.42. The SMILES string of the molecule is O=c1c2c3c(sc2nc2n1NC(c1ccccc1)=NN2c1ccccc1)CCCC3. The van der Waals surface area contributed by atoms with E-state index in [-0.39, 0.29) is 5.56 Å². The molecule has 4 aromatic rings. The highest BCUT2D eigenvalue weighted by Crippen LogP contribution is 2.36. The minimum Gasteiger partial charge on any atom is -0.270 e. The molecule has 0 radical (unpaired) electrons. The first kappa shape index (κ1) is 17.4. The molecule has 2 aliphatic rings. The lowest BCUT2D eigenvalue weighted by Gasteiger charge is -2.28. The molecule has 0 atom stereocenters. The third kappa shape index (κ3) is 2.66. The van der Waals surface area contributed by atoms with E-state index in [9.17, 15) is 4.79 Å². The highest BCUT2D eigenvalue weighted by Gasteiger charge is 2.28. The number of amidine groups is 1. The third-order valence-corrected chi connectivity index (χ3v) is 6.81. The van der Waals surface area contributed by atoms with Crippen LogP contribution >= 0.6 is 11.3 Å². The molecule has 2 aromatic carbocycles. The van der Waals surface area contributed by atoms with E-state index in [0.717, 1.165) is 40.7 Å². The number of nitrogens with zero attached hydrogens (tertiary/aromatic N) is 4. The minimum absolute atomic E-state index is 0.0568. The molecular formula is C23H19N5OS. The summed E-state index contributed by atoms with van der Waals surface area (Å²) in [4.78, 5) is 20.7. The lowest BCUT2D eigenvalue weighted by atomic mass is 9.97. The van der Waals surface area contributed by atoms with E-state index in [1.807, 2.05) is 60.7 Å². The Kier molecular flexibility index (Phi) is 3.95. The van der Waals surface area contributed by atoms with E-state index in [1.54, 1.807) is 21.0 Å². The van der Waals surface area contributed by atoms with Gasteiger partial charge in [-0.05, 0) is 43.4 Å². The zero-order chi connectivity index (χ0) is 20.1. The molecule has 148 valence electrons. The van der Waals surface area contributed by atoms with E-state index in [0.29, 0.717) is 11.8 Å². The quantitative estimate of drug-likeness (QED) is 0.529. The van der Waals surface area contributed by atoms with Crippen LogP contribution in [0.5, 0.6) is 0 Å². The number of para-hydroxylation sites is 1. The fourth-order valence-electron chi connectivity index (χ4n) is 4.17. The van der Waals surface area contributed by atoms with Gasteiger partial charge in [-0.1, -0.05) is 48.5 Å². The molecule has 7 heteroatoms. The lowest BCUT2D eigenvalue weighted by Crippen LogP contribution is -2.42. The molecule has 0 fully saturated rings. The van der Waals surface area contributed by atoms with Gasteiger partial charge >= 0.3 is 0 Å². The number of hydrazone groups is 1. The number of hydrogen-bond donors (Lipinski definition) is 1. The van der Waals surface area contributed by atoms with Crippen molar-refractivity contribution >= 4 is 39.0 Å². The first-order valence-electron chi connectivity index (χ1n) is 10.1. The van der Waals surface area contributed by atoms with Crippen molar-refractivity contribution in [2.24, 2.45) is 5.10 Å². The molecule has 0 saturated carbocycles. The second-order valence-electron chi connectivity index (χ2n) is 7.52. The molecule has 0 amide bonds. The first-order chi connectivity index (χ1) is 14.8. The van der Waals surface area contributed by atoms with Crippen LogP contribution in [0.4, 0.5) is 11.6 Å². The normalized spacial score (nSPS) is 15.3. The summed E-state index contributed by atoms with van der Waals surface area (Å²) >= 11 is 1.65. The first-order valence-corrected chi connectivity index (χ1v) is 10.9. The van der Waals surface area contributed by atoms with E-state index >= 15 is 0 Å². The number of anilines is 2. The molecule has 0 bridgehead atoms. The summed E-state index contributed by atoms with van der Waals surface area (Å²) < 4.78 is 1.55. The molecule has 1 aliphatic carbocycles. The van der Waals surface area contributed by atoms with Crippen molar-refractivity contribution in [1.82, 2.24) is 9.66 Å². The molecule has 0 unspecified atom stereocenters. The summed E-state index contributed by atoms with van der Waals surface area (Å²) in [6.45, 7) is 0. The monoisotopic (exact) mass is 413 g/mol. The predicted octanol–water partition coefficient (Wildman–Crippen LogP) is 4.39. The Morgan fingerprint density at radius 1 is 0.933 bits per heavy atom. The maximum atomic E-state index is 13.6. The van der Waals surface area contributed by atoms with Gasteiger partial charge in [0, 0.05) is 10.4 Å². The van der Waals surface area contributed by atoms with E-state index in [2.05, 4.69) is 5.43 Å². The van der Waals surface area contributed by atoms with Gasteiger partial charge in [-0.3, -0.25) is 10.2 Å². The van der Waals surface area contributed by atoms with Crippen molar-refractivity contribution in [2.75, 3.05) is 10.4 Å². The summed E-state index contributed by atoms with van der Waals surface area (Å²) in [7, 11) is 0. The van der Waals surface area contributed by atoms with Crippen molar-refractivity contribution in [3.05, 3.63) is 87.0 Å². The van der Waals surface area contributed by atoms with Gasteiger partial charge < -0.3 is 0 Å². The van der Waals surface area contributed by atoms with E-state index in [1.165, 1.54) is 16.9 Å². The van der Waals surface area contributed by atoms with Gasteiger partial charge in [0.1, 0.15) is 4.83 Å². The van der Waals surface area contributed by atoms with Crippen molar-refractivity contribution in [1.29, 1.82) is 0 Å². The second kappa shape index (κ2) is 6.81. The third-order valence-electron chi connectivity index (χ3n) is 5.63. The van der Waals surface area contributed by atoms with Crippen LogP contribution in [0.2, 0.25) is 0 Å².